The van der Waals surface area contributed by atoms with Crippen molar-refractivity contribution in [2.45, 2.75) is 5.55 Å². The highest BCUT2D eigenvalue weighted by atomic mass is 28.4. The lowest BCUT2D eigenvalue weighted by Gasteiger charge is -2.24. The average molecular weight is 260 g/mol. The molecule has 9 heteroatoms. The van der Waals surface area contributed by atoms with Gasteiger partial charge in [-0.1, -0.05) is 43.9 Å². The summed E-state index contributed by atoms with van der Waals surface area (Å²) in [5.74, 6) is 0. The van der Waals surface area contributed by atoms with E-state index in [1.54, 1.807) is 0 Å². The number of hydrogen-bond donors (Lipinski definition) is 0. The Bertz CT molecular complexity index is 324. The normalized spacial score (nSPS) is 12.8. The van der Waals surface area contributed by atoms with Gasteiger partial charge < -0.3 is 0 Å². The molecule has 3 nitrogen and oxygen atoms in total. The molecular formula is C7H5F5O3Si. The number of halogens is 5. The van der Waals surface area contributed by atoms with E-state index in [1.165, 1.54) is 6.07 Å². The molecule has 0 saturated carbocycles. The van der Waals surface area contributed by atoms with Crippen molar-refractivity contribution in [3.63, 3.8) is 0 Å². The summed E-state index contributed by atoms with van der Waals surface area (Å²) >= 11 is 0. The van der Waals surface area contributed by atoms with E-state index in [4.69, 9.17) is 0 Å². The third-order valence-electron chi connectivity index (χ3n) is 1.83. The van der Waals surface area contributed by atoms with Crippen LogP contribution in [0.15, 0.2) is 30.3 Å². The molecule has 0 spiro atoms. The zero-order valence-electron chi connectivity index (χ0n) is 7.50. The second kappa shape index (κ2) is 4.87. The van der Waals surface area contributed by atoms with Crippen LogP contribution >= 0.6 is 0 Å². The maximum atomic E-state index is 13.4. The predicted octanol–water partition coefficient (Wildman–Crippen LogP) is 2.96. The molecule has 0 saturated heterocycles. The fraction of sp³-hybridized carbons (Fsp3) is 0.143. The monoisotopic (exact) mass is 260 g/mol. The average Bonchev–Trinajstić information content (AvgIpc) is 2.33. The van der Waals surface area contributed by atoms with Gasteiger partial charge in [0.25, 0.3) is 0 Å². The summed E-state index contributed by atoms with van der Waals surface area (Å²) in [7, 11) is -6.02. The number of benzene rings is 1. The molecule has 0 heterocycles. The first-order valence-corrected chi connectivity index (χ1v) is 5.59. The van der Waals surface area contributed by atoms with Crippen LogP contribution in [0.1, 0.15) is 5.56 Å². The van der Waals surface area contributed by atoms with Crippen LogP contribution in [0.5, 0.6) is 0 Å². The second-order valence-corrected chi connectivity index (χ2v) is 4.93. The van der Waals surface area contributed by atoms with Gasteiger partial charge in [-0.3, -0.25) is 0 Å². The zero-order valence-corrected chi connectivity index (χ0v) is 8.50. The van der Waals surface area contributed by atoms with Crippen molar-refractivity contribution in [3.8, 4) is 0 Å². The molecule has 0 aromatic heterocycles. The number of hydrogen-bond acceptors (Lipinski definition) is 3. The first-order chi connectivity index (χ1) is 7.54. The molecule has 0 aliphatic heterocycles. The van der Waals surface area contributed by atoms with E-state index in [1.807, 2.05) is 0 Å². The smallest absolute Gasteiger partial charge is 0.196 e. The van der Waals surface area contributed by atoms with E-state index >= 15 is 0 Å². The minimum atomic E-state index is -6.02. The molecule has 0 unspecified atom stereocenters. The maximum absolute atomic E-state index is 13.4. The highest BCUT2D eigenvalue weighted by Gasteiger charge is 2.71. The third kappa shape index (κ3) is 1.94. The molecule has 0 N–H and O–H groups in total. The minimum absolute atomic E-state index is 0.818. The van der Waals surface area contributed by atoms with E-state index < -0.39 is 19.9 Å². The molecule has 0 atom stereocenters. The molecule has 1 aromatic rings. The Morgan fingerprint density at radius 3 is 1.69 bits per heavy atom. The Hall–Kier alpha value is -1.03. The second-order valence-electron chi connectivity index (χ2n) is 2.73. The molecule has 0 fully saturated rings. The lowest BCUT2D eigenvalue weighted by Crippen LogP contribution is -2.55. The van der Waals surface area contributed by atoms with Crippen LogP contribution < -0.4 is 0 Å². The third-order valence-corrected chi connectivity index (χ3v) is 3.49. The van der Waals surface area contributed by atoms with Crippen LogP contribution in [0.4, 0.5) is 22.4 Å². The topological polar surface area (TPSA) is 27.7 Å². The summed E-state index contributed by atoms with van der Waals surface area (Å²) in [6.45, 7) is 0. The van der Waals surface area contributed by atoms with E-state index in [9.17, 15) is 22.4 Å². The summed E-state index contributed by atoms with van der Waals surface area (Å²) in [5, 5.41) is 0. The number of alkyl halides is 2. The van der Waals surface area contributed by atoms with Gasteiger partial charge in [0.1, 0.15) is 0 Å². The van der Waals surface area contributed by atoms with Crippen molar-refractivity contribution in [2.24, 2.45) is 0 Å². The van der Waals surface area contributed by atoms with Gasteiger partial charge in [0.15, 0.2) is 0 Å². The van der Waals surface area contributed by atoms with Crippen molar-refractivity contribution in [1.29, 1.82) is 0 Å². The van der Waals surface area contributed by atoms with Gasteiger partial charge in [0, 0.05) is 5.56 Å². The van der Waals surface area contributed by atoms with Gasteiger partial charge in [0.05, 0.1) is 0 Å². The summed E-state index contributed by atoms with van der Waals surface area (Å²) in [5.41, 5.74) is -5.29. The molecule has 90 valence electrons. The summed E-state index contributed by atoms with van der Waals surface area (Å²) in [6, 6.07) is 5.34. The highest BCUT2D eigenvalue weighted by molar-refractivity contribution is 6.62. The van der Waals surface area contributed by atoms with E-state index in [0.29, 0.717) is 0 Å². The van der Waals surface area contributed by atoms with Crippen LogP contribution in [-0.4, -0.2) is 8.80 Å². The standard InChI is InChI=1S/C7H5F5O3Si/c8-7(9,6-4-2-1-3-5-6)16(13-10,14-11)15-12/h1-5H. The molecule has 1 aromatic carbocycles. The first kappa shape index (κ1) is 13.0. The quantitative estimate of drug-likeness (QED) is 0.601. The van der Waals surface area contributed by atoms with Crippen molar-refractivity contribution >= 4 is 8.80 Å². The first-order valence-electron chi connectivity index (χ1n) is 3.86. The van der Waals surface area contributed by atoms with E-state index in [2.05, 4.69) is 13.9 Å². The Morgan fingerprint density at radius 2 is 1.31 bits per heavy atom. The van der Waals surface area contributed by atoms with Crippen LogP contribution in [0.3, 0.4) is 0 Å². The summed E-state index contributed by atoms with van der Waals surface area (Å²) in [4.78, 5) is 0. The van der Waals surface area contributed by atoms with Crippen LogP contribution in [-0.2, 0) is 19.4 Å². The predicted molar refractivity (Wildman–Crippen MR) is 42.7 cm³/mol. The lowest BCUT2D eigenvalue weighted by atomic mass is 10.2. The highest BCUT2D eigenvalue weighted by Crippen LogP contribution is 2.40. The zero-order chi connectivity index (χ0) is 12.2. The Labute approximate surface area is 87.4 Å². The molecule has 16 heavy (non-hydrogen) atoms. The molecule has 0 radical (unpaired) electrons. The van der Waals surface area contributed by atoms with E-state index in [0.717, 1.165) is 24.3 Å². The molecule has 0 bridgehead atoms. The fourth-order valence-electron chi connectivity index (χ4n) is 1.01. The summed E-state index contributed by atoms with van der Waals surface area (Å²) < 4.78 is 70.1. The summed E-state index contributed by atoms with van der Waals surface area (Å²) in [6.07, 6.45) is 0. The molecule has 0 aliphatic rings. The van der Waals surface area contributed by atoms with E-state index in [-0.39, 0.29) is 0 Å². The Balaban J connectivity index is 3.18. The molecule has 0 amide bonds. The van der Waals surface area contributed by atoms with Gasteiger partial charge in [-0.15, -0.1) is 0 Å². The van der Waals surface area contributed by atoms with Gasteiger partial charge in [-0.2, -0.15) is 22.7 Å². The van der Waals surface area contributed by atoms with Crippen molar-refractivity contribution in [1.82, 2.24) is 0 Å². The minimum Gasteiger partial charge on any atom is -0.196 e. The maximum Gasteiger partial charge on any atom is 0.674 e. The Kier molecular flexibility index (Phi) is 3.96. The lowest BCUT2D eigenvalue weighted by molar-refractivity contribution is -0.246. The van der Waals surface area contributed by atoms with Crippen molar-refractivity contribution < 1.29 is 36.3 Å². The van der Waals surface area contributed by atoms with Crippen LogP contribution in [0, 0.1) is 0 Å². The fourth-order valence-corrected chi connectivity index (χ4v) is 1.89. The van der Waals surface area contributed by atoms with Gasteiger partial charge in [0.2, 0.25) is 0 Å². The largest absolute Gasteiger partial charge is 0.674 e. The Morgan fingerprint density at radius 1 is 0.875 bits per heavy atom. The van der Waals surface area contributed by atoms with Gasteiger partial charge in [-0.25, -0.2) is 0 Å². The molecule has 1 rings (SSSR count). The SMILES string of the molecule is FO[Si](OF)(OF)C(F)(F)c1ccccc1. The van der Waals surface area contributed by atoms with Gasteiger partial charge >= 0.3 is 14.4 Å². The molecule has 0 aliphatic carbocycles. The molecular weight excluding hydrogens is 255 g/mol. The number of rotatable bonds is 5. The van der Waals surface area contributed by atoms with Crippen LogP contribution in [0.25, 0.3) is 0 Å². The van der Waals surface area contributed by atoms with Crippen molar-refractivity contribution in [3.05, 3.63) is 35.9 Å². The van der Waals surface area contributed by atoms with Crippen LogP contribution in [0.2, 0.25) is 0 Å². The van der Waals surface area contributed by atoms with Gasteiger partial charge in [-0.05, 0) is 0 Å². The van der Waals surface area contributed by atoms with Crippen molar-refractivity contribution in [2.75, 3.05) is 0 Å².